The number of halogens is 2. The molecule has 5 rings (SSSR count). The SMILES string of the molecule is COC(=O)[C@H]1CCCC[C@H](NC(=O)/C=C/c2c(-n3cnnn3)ccc(Cl)c2F)c2nc(C#N)c([nH]2)-c2ccccc2N1. The molecule has 0 radical (unpaired) electrons. The Hall–Kier alpha value is -5.09. The Morgan fingerprint density at radius 1 is 1.24 bits per heavy atom. The summed E-state index contributed by atoms with van der Waals surface area (Å²) in [6.45, 7) is 0. The summed E-state index contributed by atoms with van der Waals surface area (Å²) in [7, 11) is 1.33. The lowest BCUT2D eigenvalue weighted by Gasteiger charge is -2.21. The van der Waals surface area contributed by atoms with Gasteiger partial charge in [-0.3, -0.25) is 4.79 Å². The molecule has 14 heteroatoms. The highest BCUT2D eigenvalue weighted by molar-refractivity contribution is 6.31. The third kappa shape index (κ3) is 5.98. The molecule has 214 valence electrons. The summed E-state index contributed by atoms with van der Waals surface area (Å²) in [6.07, 6.45) is 5.97. The van der Waals surface area contributed by atoms with Gasteiger partial charge in [-0.25, -0.2) is 14.2 Å². The van der Waals surface area contributed by atoms with E-state index in [4.69, 9.17) is 16.3 Å². The third-order valence-electron chi connectivity index (χ3n) is 6.83. The van der Waals surface area contributed by atoms with Gasteiger partial charge in [0.05, 0.1) is 29.6 Å². The molecule has 2 aromatic carbocycles. The molecule has 2 bridgehead atoms. The van der Waals surface area contributed by atoms with Crippen LogP contribution in [-0.4, -0.2) is 55.2 Å². The number of nitrogens with zero attached hydrogens (tertiary/aromatic N) is 6. The van der Waals surface area contributed by atoms with Crippen LogP contribution < -0.4 is 10.6 Å². The molecule has 2 aromatic heterocycles. The van der Waals surface area contributed by atoms with Crippen LogP contribution in [0.25, 0.3) is 23.0 Å². The van der Waals surface area contributed by atoms with E-state index in [0.29, 0.717) is 54.1 Å². The van der Waals surface area contributed by atoms with Crippen molar-refractivity contribution in [3.63, 3.8) is 0 Å². The van der Waals surface area contributed by atoms with E-state index in [0.717, 1.165) is 0 Å². The number of amides is 1. The Bertz CT molecular complexity index is 1680. The van der Waals surface area contributed by atoms with Gasteiger partial charge in [0, 0.05) is 22.9 Å². The number of imidazole rings is 1. The van der Waals surface area contributed by atoms with Crippen molar-refractivity contribution in [2.45, 2.75) is 37.8 Å². The first-order chi connectivity index (χ1) is 20.4. The third-order valence-corrected chi connectivity index (χ3v) is 7.12. The van der Waals surface area contributed by atoms with Crippen molar-refractivity contribution in [3.8, 4) is 23.0 Å². The van der Waals surface area contributed by atoms with Gasteiger partial charge in [0.25, 0.3) is 0 Å². The van der Waals surface area contributed by atoms with Gasteiger partial charge in [0.2, 0.25) is 5.91 Å². The Balaban J connectivity index is 1.46. The molecule has 1 aliphatic rings. The predicted octanol–water partition coefficient (Wildman–Crippen LogP) is 4.11. The van der Waals surface area contributed by atoms with E-state index >= 15 is 0 Å². The normalized spacial score (nSPS) is 16.8. The van der Waals surface area contributed by atoms with Gasteiger partial charge in [0.15, 0.2) is 11.5 Å². The number of aromatic nitrogens is 6. The number of para-hydroxylation sites is 1. The highest BCUT2D eigenvalue weighted by atomic mass is 35.5. The molecule has 1 amide bonds. The fourth-order valence-electron chi connectivity index (χ4n) is 4.78. The monoisotopic (exact) mass is 589 g/mol. The zero-order valence-corrected chi connectivity index (χ0v) is 23.1. The van der Waals surface area contributed by atoms with Crippen LogP contribution in [0.3, 0.4) is 0 Å². The molecule has 2 atom stereocenters. The minimum atomic E-state index is -0.735. The maximum atomic E-state index is 15.0. The molecule has 0 spiro atoms. The van der Waals surface area contributed by atoms with E-state index in [1.807, 2.05) is 12.1 Å². The molecule has 3 N–H and O–H groups in total. The Morgan fingerprint density at radius 3 is 2.81 bits per heavy atom. The predicted molar refractivity (Wildman–Crippen MR) is 151 cm³/mol. The summed E-state index contributed by atoms with van der Waals surface area (Å²) in [5.74, 6) is -1.27. The summed E-state index contributed by atoms with van der Waals surface area (Å²) in [5, 5.41) is 26.8. The van der Waals surface area contributed by atoms with Crippen LogP contribution in [-0.2, 0) is 14.3 Å². The largest absolute Gasteiger partial charge is 0.467 e. The Morgan fingerprint density at radius 2 is 2.05 bits per heavy atom. The Labute approximate surface area is 244 Å². The summed E-state index contributed by atoms with van der Waals surface area (Å²) < 4.78 is 21.2. The number of fused-ring (bicyclic) bond motifs is 4. The maximum Gasteiger partial charge on any atom is 0.328 e. The quantitative estimate of drug-likeness (QED) is 0.229. The van der Waals surface area contributed by atoms with E-state index in [-0.39, 0.29) is 16.3 Å². The number of aromatic amines is 1. The highest BCUT2D eigenvalue weighted by Crippen LogP contribution is 2.33. The zero-order chi connectivity index (χ0) is 29.6. The minimum absolute atomic E-state index is 0.0219. The number of nitrogens with one attached hydrogen (secondary N) is 3. The lowest BCUT2D eigenvalue weighted by atomic mass is 10.0. The van der Waals surface area contributed by atoms with Gasteiger partial charge in [0.1, 0.15) is 24.3 Å². The molecule has 42 heavy (non-hydrogen) atoms. The molecule has 0 saturated heterocycles. The standard InChI is InChI=1S/C28H25ClFN9O3/c1-42-28(41)21-9-5-4-8-20(27-35-22(14-31)26(36-27)16-6-2-3-7-19(16)33-21)34-24(40)13-10-17-23(39-15-32-37-38-39)12-11-18(29)25(17)30/h2-3,6-7,10-13,15,20-21,33H,4-5,8-9H2,1H3,(H,34,40)(H,35,36)/b13-10+/t20-,21+/m0/s1. The van der Waals surface area contributed by atoms with Gasteiger partial charge >= 0.3 is 5.97 Å². The molecular formula is C28H25ClFN9O3. The number of benzene rings is 2. The second kappa shape index (κ2) is 12.6. The number of H-pyrrole nitrogens is 1. The van der Waals surface area contributed by atoms with Crippen LogP contribution in [0.2, 0.25) is 5.02 Å². The van der Waals surface area contributed by atoms with Crippen LogP contribution in [0.5, 0.6) is 0 Å². The fraction of sp³-hybridized carbons (Fsp3) is 0.250. The minimum Gasteiger partial charge on any atom is -0.467 e. The van der Waals surface area contributed by atoms with Crippen LogP contribution in [0, 0.1) is 17.1 Å². The van der Waals surface area contributed by atoms with E-state index in [9.17, 15) is 19.2 Å². The summed E-state index contributed by atoms with van der Waals surface area (Å²) in [5.41, 5.74) is 2.16. The summed E-state index contributed by atoms with van der Waals surface area (Å²) in [4.78, 5) is 33.3. The van der Waals surface area contributed by atoms with Crippen molar-refractivity contribution in [1.29, 1.82) is 5.26 Å². The Kier molecular flexibility index (Phi) is 8.54. The molecule has 0 saturated carbocycles. The van der Waals surface area contributed by atoms with Gasteiger partial charge in [-0.05, 0) is 47.5 Å². The topological polar surface area (TPSA) is 164 Å². The van der Waals surface area contributed by atoms with Crippen molar-refractivity contribution < 1.29 is 18.7 Å². The summed E-state index contributed by atoms with van der Waals surface area (Å²) in [6, 6.07) is 11.0. The number of ether oxygens (including phenoxy) is 1. The molecular weight excluding hydrogens is 565 g/mol. The summed E-state index contributed by atoms with van der Waals surface area (Å²) >= 11 is 5.99. The van der Waals surface area contributed by atoms with Gasteiger partial charge < -0.3 is 20.4 Å². The smallest absolute Gasteiger partial charge is 0.328 e. The number of rotatable bonds is 5. The van der Waals surface area contributed by atoms with Crippen LogP contribution in [0.15, 0.2) is 48.8 Å². The molecule has 0 aliphatic carbocycles. The number of hydrogen-bond acceptors (Lipinski definition) is 9. The molecule has 3 heterocycles. The van der Waals surface area contributed by atoms with Crippen molar-refractivity contribution in [2.24, 2.45) is 0 Å². The number of nitriles is 1. The number of carbonyl (C=O) groups is 2. The fourth-order valence-corrected chi connectivity index (χ4v) is 4.94. The first-order valence-corrected chi connectivity index (χ1v) is 13.4. The van der Waals surface area contributed by atoms with Crippen molar-refractivity contribution in [2.75, 3.05) is 12.4 Å². The van der Waals surface area contributed by atoms with Crippen LogP contribution >= 0.6 is 11.6 Å². The molecule has 12 nitrogen and oxygen atoms in total. The molecule has 4 aromatic rings. The number of tetrazole rings is 1. The maximum absolute atomic E-state index is 15.0. The molecule has 0 unspecified atom stereocenters. The van der Waals surface area contributed by atoms with E-state index in [2.05, 4.69) is 42.2 Å². The first kappa shape index (κ1) is 28.4. The molecule has 1 aliphatic heterocycles. The first-order valence-electron chi connectivity index (χ1n) is 13.0. The van der Waals surface area contributed by atoms with Gasteiger partial charge in [-0.15, -0.1) is 5.10 Å². The van der Waals surface area contributed by atoms with E-state index < -0.39 is 29.8 Å². The number of esters is 1. The van der Waals surface area contributed by atoms with Crippen molar-refractivity contribution >= 4 is 35.2 Å². The van der Waals surface area contributed by atoms with Crippen molar-refractivity contribution in [3.05, 3.63) is 76.7 Å². The zero-order valence-electron chi connectivity index (χ0n) is 22.3. The van der Waals surface area contributed by atoms with Gasteiger partial charge in [-0.2, -0.15) is 9.94 Å². The van der Waals surface area contributed by atoms with Crippen molar-refractivity contribution in [1.82, 2.24) is 35.5 Å². The highest BCUT2D eigenvalue weighted by Gasteiger charge is 2.26. The number of methoxy groups -OCH3 is 1. The second-order valence-electron chi connectivity index (χ2n) is 9.45. The average Bonchev–Trinajstić information content (AvgIpc) is 3.69. The average molecular weight is 590 g/mol. The van der Waals surface area contributed by atoms with Crippen LogP contribution in [0.1, 0.15) is 48.8 Å². The number of anilines is 1. The lowest BCUT2D eigenvalue weighted by Crippen LogP contribution is -2.31. The van der Waals surface area contributed by atoms with E-state index in [1.165, 1.54) is 42.4 Å². The molecule has 0 fully saturated rings. The van der Waals surface area contributed by atoms with E-state index in [1.54, 1.807) is 12.1 Å². The van der Waals surface area contributed by atoms with Gasteiger partial charge in [-0.1, -0.05) is 42.6 Å². The number of carbonyl (C=O) groups excluding carboxylic acids is 2. The number of hydrogen-bond donors (Lipinski definition) is 3. The lowest BCUT2D eigenvalue weighted by molar-refractivity contribution is -0.141. The van der Waals surface area contributed by atoms with Crippen LogP contribution in [0.4, 0.5) is 10.1 Å². The second-order valence-corrected chi connectivity index (χ2v) is 9.86.